The van der Waals surface area contributed by atoms with Crippen LogP contribution in [0.3, 0.4) is 0 Å². The first-order valence-corrected chi connectivity index (χ1v) is 10.5. The van der Waals surface area contributed by atoms with Crippen molar-refractivity contribution in [3.8, 4) is 17.2 Å². The molecule has 0 aliphatic rings. The second kappa shape index (κ2) is 9.61. The number of nitrogens with one attached hydrogen (secondary N) is 1. The standard InChI is InChI=1S/C21H18F3NO5S/c22-21(23,24)30-19-10-12-20(13-11-19)31(26,27)25-16-6-8-18(9-7-16)29-15-14-28-17-4-2-1-3-5-17/h1-13,25H,14-15H2. The molecule has 3 aromatic rings. The third kappa shape index (κ3) is 7.10. The molecule has 0 saturated heterocycles. The molecule has 0 saturated carbocycles. The van der Waals surface area contributed by atoms with E-state index in [0.717, 1.165) is 30.0 Å². The molecule has 0 unspecified atom stereocenters. The number of hydrogen-bond donors (Lipinski definition) is 1. The van der Waals surface area contributed by atoms with Gasteiger partial charge in [0.25, 0.3) is 10.0 Å². The van der Waals surface area contributed by atoms with E-state index in [1.807, 2.05) is 30.3 Å². The zero-order chi connectivity index (χ0) is 22.3. The molecule has 1 N–H and O–H groups in total. The van der Waals surface area contributed by atoms with E-state index < -0.39 is 22.1 Å². The fourth-order valence-electron chi connectivity index (χ4n) is 2.49. The zero-order valence-corrected chi connectivity index (χ0v) is 16.8. The van der Waals surface area contributed by atoms with Crippen LogP contribution in [-0.2, 0) is 10.0 Å². The Hall–Kier alpha value is -3.40. The number of halogens is 3. The monoisotopic (exact) mass is 453 g/mol. The van der Waals surface area contributed by atoms with Crippen LogP contribution in [0, 0.1) is 0 Å². The Bertz CT molecular complexity index is 1070. The average molecular weight is 453 g/mol. The molecule has 0 fully saturated rings. The quantitative estimate of drug-likeness (QED) is 0.469. The minimum Gasteiger partial charge on any atom is -0.490 e. The molecule has 0 bridgehead atoms. The molecule has 3 aromatic carbocycles. The lowest BCUT2D eigenvalue weighted by Gasteiger charge is -2.11. The van der Waals surface area contributed by atoms with Gasteiger partial charge in [0.05, 0.1) is 4.90 Å². The highest BCUT2D eigenvalue weighted by Crippen LogP contribution is 2.25. The summed E-state index contributed by atoms with van der Waals surface area (Å²) in [5.74, 6) is 0.742. The molecule has 0 aliphatic heterocycles. The molecule has 31 heavy (non-hydrogen) atoms. The van der Waals surface area contributed by atoms with E-state index in [9.17, 15) is 21.6 Å². The molecule has 0 aliphatic carbocycles. The minimum atomic E-state index is -4.85. The topological polar surface area (TPSA) is 73.9 Å². The summed E-state index contributed by atoms with van der Waals surface area (Å²) >= 11 is 0. The van der Waals surface area contributed by atoms with Gasteiger partial charge in [-0.1, -0.05) is 18.2 Å². The highest BCUT2D eigenvalue weighted by Gasteiger charge is 2.31. The van der Waals surface area contributed by atoms with Crippen molar-refractivity contribution in [3.05, 3.63) is 78.9 Å². The summed E-state index contributed by atoms with van der Waals surface area (Å²) in [6, 6.07) is 19.3. The Kier molecular flexibility index (Phi) is 6.91. The summed E-state index contributed by atoms with van der Waals surface area (Å²) in [7, 11) is -3.99. The number of benzene rings is 3. The van der Waals surface area contributed by atoms with E-state index in [4.69, 9.17) is 9.47 Å². The van der Waals surface area contributed by atoms with Crippen molar-refractivity contribution in [2.75, 3.05) is 17.9 Å². The fraction of sp³-hybridized carbons (Fsp3) is 0.143. The predicted molar refractivity (Wildman–Crippen MR) is 108 cm³/mol. The lowest BCUT2D eigenvalue weighted by molar-refractivity contribution is -0.274. The molecule has 0 aromatic heterocycles. The lowest BCUT2D eigenvalue weighted by Crippen LogP contribution is -2.17. The Morgan fingerprint density at radius 3 is 1.77 bits per heavy atom. The Balaban J connectivity index is 1.52. The summed E-state index contributed by atoms with van der Waals surface area (Å²) in [6.07, 6.45) is -4.85. The van der Waals surface area contributed by atoms with Gasteiger partial charge in [-0.15, -0.1) is 13.2 Å². The van der Waals surface area contributed by atoms with Crippen molar-refractivity contribution >= 4 is 15.7 Å². The molecule has 0 radical (unpaired) electrons. The van der Waals surface area contributed by atoms with Crippen LogP contribution in [0.15, 0.2) is 83.8 Å². The molecule has 0 atom stereocenters. The molecule has 3 rings (SSSR count). The van der Waals surface area contributed by atoms with Gasteiger partial charge in [-0.2, -0.15) is 0 Å². The third-order valence-electron chi connectivity index (χ3n) is 3.84. The van der Waals surface area contributed by atoms with Crippen molar-refractivity contribution in [3.63, 3.8) is 0 Å². The number of hydrogen-bond acceptors (Lipinski definition) is 5. The van der Waals surface area contributed by atoms with Gasteiger partial charge in [0, 0.05) is 5.69 Å². The van der Waals surface area contributed by atoms with Gasteiger partial charge in [-0.3, -0.25) is 4.72 Å². The largest absolute Gasteiger partial charge is 0.573 e. The summed E-state index contributed by atoms with van der Waals surface area (Å²) in [5, 5.41) is 0. The SMILES string of the molecule is O=S(=O)(Nc1ccc(OCCOc2ccccc2)cc1)c1ccc(OC(F)(F)F)cc1. The smallest absolute Gasteiger partial charge is 0.490 e. The average Bonchev–Trinajstić information content (AvgIpc) is 2.72. The summed E-state index contributed by atoms with van der Waals surface area (Å²) in [4.78, 5) is -0.208. The van der Waals surface area contributed by atoms with Gasteiger partial charge < -0.3 is 14.2 Å². The van der Waals surface area contributed by atoms with Crippen LogP contribution in [-0.4, -0.2) is 28.0 Å². The fourth-order valence-corrected chi connectivity index (χ4v) is 3.55. The highest BCUT2D eigenvalue weighted by molar-refractivity contribution is 7.92. The first-order valence-electron chi connectivity index (χ1n) is 9.01. The van der Waals surface area contributed by atoms with Gasteiger partial charge in [-0.05, 0) is 60.7 Å². The minimum absolute atomic E-state index is 0.208. The second-order valence-corrected chi connectivity index (χ2v) is 7.84. The summed E-state index contributed by atoms with van der Waals surface area (Å²) < 4.78 is 78.5. The number of alkyl halides is 3. The second-order valence-electron chi connectivity index (χ2n) is 6.16. The number of sulfonamides is 1. The summed E-state index contributed by atoms with van der Waals surface area (Å²) in [5.41, 5.74) is 0.267. The first kappa shape index (κ1) is 22.3. The van der Waals surface area contributed by atoms with Crippen LogP contribution in [0.4, 0.5) is 18.9 Å². The van der Waals surface area contributed by atoms with E-state index >= 15 is 0 Å². The molecular formula is C21H18F3NO5S. The number of para-hydroxylation sites is 1. The lowest BCUT2D eigenvalue weighted by atomic mass is 10.3. The molecule has 6 nitrogen and oxygen atoms in total. The zero-order valence-electron chi connectivity index (χ0n) is 16.0. The van der Waals surface area contributed by atoms with E-state index in [0.29, 0.717) is 19.0 Å². The van der Waals surface area contributed by atoms with Crippen LogP contribution in [0.1, 0.15) is 0 Å². The number of rotatable bonds is 9. The Morgan fingerprint density at radius 2 is 1.23 bits per heavy atom. The van der Waals surface area contributed by atoms with E-state index in [1.54, 1.807) is 12.1 Å². The van der Waals surface area contributed by atoms with Gasteiger partial charge in [-0.25, -0.2) is 8.42 Å². The molecular weight excluding hydrogens is 435 g/mol. The molecule has 0 heterocycles. The van der Waals surface area contributed by atoms with Crippen LogP contribution >= 0.6 is 0 Å². The van der Waals surface area contributed by atoms with Crippen LogP contribution in [0.5, 0.6) is 17.2 Å². The Labute approximate surface area is 177 Å². The first-order chi connectivity index (χ1) is 14.7. The van der Waals surface area contributed by atoms with Crippen LogP contribution in [0.25, 0.3) is 0 Å². The molecule has 10 heteroatoms. The normalized spacial score (nSPS) is 11.6. The van der Waals surface area contributed by atoms with E-state index in [1.165, 1.54) is 12.1 Å². The van der Waals surface area contributed by atoms with Gasteiger partial charge in [0.2, 0.25) is 0 Å². The maximum atomic E-state index is 12.4. The maximum absolute atomic E-state index is 12.4. The van der Waals surface area contributed by atoms with Gasteiger partial charge in [0.1, 0.15) is 30.5 Å². The van der Waals surface area contributed by atoms with Gasteiger partial charge in [0.15, 0.2) is 0 Å². The van der Waals surface area contributed by atoms with Crippen molar-refractivity contribution in [2.24, 2.45) is 0 Å². The van der Waals surface area contributed by atoms with Crippen molar-refractivity contribution in [1.82, 2.24) is 0 Å². The van der Waals surface area contributed by atoms with Crippen LogP contribution < -0.4 is 18.9 Å². The van der Waals surface area contributed by atoms with Crippen molar-refractivity contribution < 1.29 is 35.8 Å². The summed E-state index contributed by atoms with van der Waals surface area (Å²) in [6.45, 7) is 0.638. The number of ether oxygens (including phenoxy) is 3. The predicted octanol–water partition coefficient (Wildman–Crippen LogP) is 4.84. The maximum Gasteiger partial charge on any atom is 0.573 e. The van der Waals surface area contributed by atoms with Crippen LogP contribution in [0.2, 0.25) is 0 Å². The van der Waals surface area contributed by atoms with E-state index in [-0.39, 0.29) is 10.6 Å². The molecule has 164 valence electrons. The Morgan fingerprint density at radius 1 is 0.710 bits per heavy atom. The highest BCUT2D eigenvalue weighted by atomic mass is 32.2. The molecule has 0 spiro atoms. The van der Waals surface area contributed by atoms with Gasteiger partial charge >= 0.3 is 6.36 Å². The number of anilines is 1. The van der Waals surface area contributed by atoms with Crippen molar-refractivity contribution in [1.29, 1.82) is 0 Å². The third-order valence-corrected chi connectivity index (χ3v) is 5.24. The van der Waals surface area contributed by atoms with Crippen molar-refractivity contribution in [2.45, 2.75) is 11.3 Å². The molecule has 0 amide bonds. The van der Waals surface area contributed by atoms with E-state index in [2.05, 4.69) is 9.46 Å².